The molecule has 244 valence electrons. The minimum atomic E-state index is -1.32. The Balaban J connectivity index is 2.12. The molecule has 4 amide bonds. The number of benzene rings is 1. The van der Waals surface area contributed by atoms with Crippen molar-refractivity contribution in [1.29, 1.82) is 0 Å². The highest BCUT2D eigenvalue weighted by Crippen LogP contribution is 2.20. The molecule has 14 nitrogen and oxygen atoms in total. The second-order valence-corrected chi connectivity index (χ2v) is 10.9. The molecule has 0 spiro atoms. The van der Waals surface area contributed by atoms with Crippen molar-refractivity contribution < 1.29 is 43.3 Å². The molecule has 6 atom stereocenters. The topological polar surface area (TPSA) is 192 Å². The van der Waals surface area contributed by atoms with Gasteiger partial charge in [0.1, 0.15) is 24.3 Å². The van der Waals surface area contributed by atoms with E-state index in [0.717, 1.165) is 16.9 Å². The van der Waals surface area contributed by atoms with Gasteiger partial charge in [0.05, 0.1) is 19.6 Å². The SMILES string of the molecule is CC[C@H](C)[C@@H](CNC(=O)C(=O)N1CC(NC(=O)CCc2ccc(OC)cc2)C[C@H]1C(=O)N[C@H](C=O)CC(=O)O)NC(C)OC. The molecule has 1 aromatic carbocycles. The van der Waals surface area contributed by atoms with E-state index in [1.165, 1.54) is 0 Å². The second-order valence-electron chi connectivity index (χ2n) is 10.9. The highest BCUT2D eigenvalue weighted by Gasteiger charge is 2.42. The summed E-state index contributed by atoms with van der Waals surface area (Å²) in [4.78, 5) is 75.7. The van der Waals surface area contributed by atoms with Gasteiger partial charge >= 0.3 is 17.8 Å². The number of nitrogens with zero attached hydrogens (tertiary/aromatic N) is 1. The van der Waals surface area contributed by atoms with E-state index >= 15 is 0 Å². The first-order valence-electron chi connectivity index (χ1n) is 14.7. The Labute approximate surface area is 257 Å². The number of ether oxygens (including phenoxy) is 2. The summed E-state index contributed by atoms with van der Waals surface area (Å²) >= 11 is 0. The molecule has 44 heavy (non-hydrogen) atoms. The third-order valence-electron chi connectivity index (χ3n) is 7.73. The highest BCUT2D eigenvalue weighted by atomic mass is 16.5. The molecule has 1 saturated heterocycles. The zero-order chi connectivity index (χ0) is 32.8. The van der Waals surface area contributed by atoms with Gasteiger partial charge in [0.15, 0.2) is 0 Å². The lowest BCUT2D eigenvalue weighted by molar-refractivity contribution is -0.148. The third-order valence-corrected chi connectivity index (χ3v) is 7.73. The maximum atomic E-state index is 13.3. The van der Waals surface area contributed by atoms with Crippen LogP contribution in [0.5, 0.6) is 5.75 Å². The molecule has 1 fully saturated rings. The Morgan fingerprint density at radius 1 is 1.11 bits per heavy atom. The monoisotopic (exact) mass is 619 g/mol. The van der Waals surface area contributed by atoms with Crippen LogP contribution in [0.1, 0.15) is 52.0 Å². The van der Waals surface area contributed by atoms with Crippen molar-refractivity contribution in [1.82, 2.24) is 26.2 Å². The van der Waals surface area contributed by atoms with Gasteiger partial charge in [0, 0.05) is 38.7 Å². The molecule has 0 aromatic heterocycles. The van der Waals surface area contributed by atoms with Crippen molar-refractivity contribution in [3.05, 3.63) is 29.8 Å². The summed E-state index contributed by atoms with van der Waals surface area (Å²) in [5.41, 5.74) is 0.918. The number of carboxylic acids is 1. The van der Waals surface area contributed by atoms with Crippen LogP contribution in [0.15, 0.2) is 24.3 Å². The number of amides is 4. The summed E-state index contributed by atoms with van der Waals surface area (Å²) in [6.45, 7) is 5.81. The third kappa shape index (κ3) is 11.2. The molecule has 1 aromatic rings. The molecule has 2 rings (SSSR count). The van der Waals surface area contributed by atoms with Crippen LogP contribution in [-0.4, -0.2) is 104 Å². The quantitative estimate of drug-likeness (QED) is 0.0900. The Morgan fingerprint density at radius 3 is 2.36 bits per heavy atom. The molecule has 2 unspecified atom stereocenters. The van der Waals surface area contributed by atoms with Gasteiger partial charge in [-0.1, -0.05) is 32.4 Å². The van der Waals surface area contributed by atoms with Gasteiger partial charge in [-0.25, -0.2) is 0 Å². The number of methoxy groups -OCH3 is 2. The van der Waals surface area contributed by atoms with Crippen molar-refractivity contribution in [3.8, 4) is 5.75 Å². The Morgan fingerprint density at radius 2 is 1.80 bits per heavy atom. The van der Waals surface area contributed by atoms with Gasteiger partial charge < -0.3 is 40.2 Å². The number of hydrogen-bond donors (Lipinski definition) is 5. The van der Waals surface area contributed by atoms with E-state index in [2.05, 4.69) is 21.3 Å². The maximum Gasteiger partial charge on any atom is 0.312 e. The summed E-state index contributed by atoms with van der Waals surface area (Å²) in [5, 5.41) is 20.1. The normalized spacial score (nSPS) is 18.8. The molecule has 1 heterocycles. The summed E-state index contributed by atoms with van der Waals surface area (Å²) in [5.74, 6) is -3.49. The van der Waals surface area contributed by atoms with Crippen LogP contribution in [0.25, 0.3) is 0 Å². The zero-order valence-electron chi connectivity index (χ0n) is 26.0. The smallest absolute Gasteiger partial charge is 0.312 e. The molecular weight excluding hydrogens is 574 g/mol. The Bertz CT molecular complexity index is 1150. The van der Waals surface area contributed by atoms with Crippen LogP contribution in [0.3, 0.4) is 0 Å². The van der Waals surface area contributed by atoms with Crippen molar-refractivity contribution in [2.75, 3.05) is 27.3 Å². The van der Waals surface area contributed by atoms with E-state index in [0.29, 0.717) is 18.5 Å². The highest BCUT2D eigenvalue weighted by molar-refractivity contribution is 6.35. The van der Waals surface area contributed by atoms with E-state index in [9.17, 15) is 28.8 Å². The number of hydrogen-bond acceptors (Lipinski definition) is 9. The van der Waals surface area contributed by atoms with Gasteiger partial charge in [0.25, 0.3) is 0 Å². The number of aryl methyl sites for hydroxylation is 1. The molecular formula is C30H45N5O9. The van der Waals surface area contributed by atoms with Gasteiger partial charge in [0.2, 0.25) is 11.8 Å². The summed E-state index contributed by atoms with van der Waals surface area (Å²) in [6.07, 6.45) is 0.720. The number of aliphatic carboxylic acids is 1. The number of nitrogens with one attached hydrogen (secondary N) is 4. The van der Waals surface area contributed by atoms with Crippen molar-refractivity contribution in [2.45, 2.75) is 83.3 Å². The first kappa shape index (κ1) is 36.2. The molecule has 0 saturated carbocycles. The van der Waals surface area contributed by atoms with E-state index in [1.807, 2.05) is 32.9 Å². The molecule has 0 aliphatic carbocycles. The fourth-order valence-electron chi connectivity index (χ4n) is 4.85. The maximum absolute atomic E-state index is 13.3. The molecule has 14 heteroatoms. The van der Waals surface area contributed by atoms with Crippen LogP contribution in [0.2, 0.25) is 0 Å². The largest absolute Gasteiger partial charge is 0.497 e. The van der Waals surface area contributed by atoms with Crippen LogP contribution < -0.4 is 26.0 Å². The van der Waals surface area contributed by atoms with Gasteiger partial charge in [-0.15, -0.1) is 0 Å². The molecule has 0 bridgehead atoms. The summed E-state index contributed by atoms with van der Waals surface area (Å²) in [7, 11) is 3.11. The predicted octanol–water partition coefficient (Wildman–Crippen LogP) is -0.0152. The van der Waals surface area contributed by atoms with Gasteiger partial charge in [-0.2, -0.15) is 0 Å². The minimum absolute atomic E-state index is 0.0276. The van der Waals surface area contributed by atoms with Crippen molar-refractivity contribution >= 4 is 35.9 Å². The van der Waals surface area contributed by atoms with Crippen LogP contribution in [0, 0.1) is 5.92 Å². The first-order valence-corrected chi connectivity index (χ1v) is 14.7. The van der Waals surface area contributed by atoms with Crippen molar-refractivity contribution in [3.63, 3.8) is 0 Å². The molecule has 1 aliphatic rings. The van der Waals surface area contributed by atoms with E-state index < -0.39 is 48.2 Å². The number of carbonyl (C=O) groups excluding carboxylic acids is 5. The summed E-state index contributed by atoms with van der Waals surface area (Å²) in [6, 6.07) is 3.87. The van der Waals surface area contributed by atoms with Gasteiger partial charge in [-0.05, 0) is 43.4 Å². The average Bonchev–Trinajstić information content (AvgIpc) is 3.44. The van der Waals surface area contributed by atoms with E-state index in [4.69, 9.17) is 14.6 Å². The lowest BCUT2D eigenvalue weighted by Gasteiger charge is -2.28. The molecule has 1 aliphatic heterocycles. The Kier molecular flexibility index (Phi) is 14.7. The van der Waals surface area contributed by atoms with Crippen LogP contribution >= 0.6 is 0 Å². The van der Waals surface area contributed by atoms with Crippen LogP contribution in [-0.2, 0) is 39.9 Å². The number of carbonyl (C=O) groups is 6. The minimum Gasteiger partial charge on any atom is -0.497 e. The van der Waals surface area contributed by atoms with Crippen molar-refractivity contribution in [2.24, 2.45) is 5.92 Å². The molecule has 5 N–H and O–H groups in total. The second kappa shape index (κ2) is 17.9. The van der Waals surface area contributed by atoms with Gasteiger partial charge in [-0.3, -0.25) is 29.3 Å². The first-order chi connectivity index (χ1) is 20.9. The fourth-order valence-corrected chi connectivity index (χ4v) is 4.85. The summed E-state index contributed by atoms with van der Waals surface area (Å²) < 4.78 is 10.4. The average molecular weight is 620 g/mol. The lowest BCUT2D eigenvalue weighted by atomic mass is 9.99. The standard InChI is InChI=1S/C30H45N5O9/c1-6-18(2)24(32-19(3)43-4)15-31-29(41)30(42)35-16-21(13-25(35)28(40)34-22(17-36)14-27(38)39)33-26(37)12-9-20-7-10-23(44-5)11-8-20/h7-8,10-11,17-19,21-22,24-25,32H,6,9,12-16H2,1-5H3,(H,31,41)(H,33,37)(H,34,40)(H,38,39)/t18-,19?,21?,22-,24+,25-/m0/s1. The predicted molar refractivity (Wildman–Crippen MR) is 159 cm³/mol. The number of rotatable bonds is 17. The van der Waals surface area contributed by atoms with E-state index in [1.54, 1.807) is 26.4 Å². The zero-order valence-corrected chi connectivity index (χ0v) is 26.0. The number of likely N-dealkylation sites (tertiary alicyclic amines) is 1. The molecule has 0 radical (unpaired) electrons. The lowest BCUT2D eigenvalue weighted by Crippen LogP contribution is -2.54. The Hall–Kier alpha value is -4.04. The number of aldehydes is 1. The van der Waals surface area contributed by atoms with Crippen LogP contribution in [0.4, 0.5) is 0 Å². The number of carboxylic acid groups (broad SMARTS) is 1. The fraction of sp³-hybridized carbons (Fsp3) is 0.600. The van der Waals surface area contributed by atoms with E-state index in [-0.39, 0.29) is 50.0 Å².